The highest BCUT2D eigenvalue weighted by Crippen LogP contribution is 2.14. The third kappa shape index (κ3) is 5.42. The number of non-ortho nitro benzene ring substituents is 2. The first-order valence-corrected chi connectivity index (χ1v) is 7.63. The van der Waals surface area contributed by atoms with Crippen LogP contribution in [0, 0.1) is 20.2 Å². The number of carbonyl (C=O) groups is 3. The van der Waals surface area contributed by atoms with Crippen LogP contribution in [0.5, 0.6) is 0 Å². The number of rotatable bonds is 8. The maximum absolute atomic E-state index is 11.6. The Morgan fingerprint density at radius 1 is 0.679 bits per heavy atom. The number of benzene rings is 2. The summed E-state index contributed by atoms with van der Waals surface area (Å²) >= 11 is 0. The van der Waals surface area contributed by atoms with E-state index in [9.17, 15) is 34.6 Å². The van der Waals surface area contributed by atoms with E-state index in [0.29, 0.717) is 11.1 Å². The quantitative estimate of drug-likeness (QED) is 0.216. The van der Waals surface area contributed by atoms with Gasteiger partial charge >= 0.3 is 17.7 Å². The first kappa shape index (κ1) is 20.2. The third-order valence-electron chi connectivity index (χ3n) is 3.40. The third-order valence-corrected chi connectivity index (χ3v) is 3.40. The average molecular weight is 388 g/mol. The molecule has 0 aliphatic heterocycles. The van der Waals surface area contributed by atoms with Crippen molar-refractivity contribution < 1.29 is 33.7 Å². The number of ketones is 1. The molecular formula is C17H12N2O9. The summed E-state index contributed by atoms with van der Waals surface area (Å²) in [6.07, 6.45) is 0. The van der Waals surface area contributed by atoms with Crippen LogP contribution >= 0.6 is 0 Å². The van der Waals surface area contributed by atoms with Gasteiger partial charge in [0.15, 0.2) is 0 Å². The van der Waals surface area contributed by atoms with Gasteiger partial charge in [-0.15, -0.1) is 0 Å². The van der Waals surface area contributed by atoms with Gasteiger partial charge in [0.2, 0.25) is 0 Å². The molecule has 0 saturated carbocycles. The van der Waals surface area contributed by atoms with Crippen molar-refractivity contribution in [3.05, 3.63) is 79.9 Å². The number of esters is 2. The van der Waals surface area contributed by atoms with Crippen LogP contribution in [0.1, 0.15) is 11.1 Å². The molecule has 0 spiro atoms. The molecule has 0 unspecified atom stereocenters. The number of nitrogens with zero attached hydrogens (tertiary/aromatic N) is 2. The molecule has 0 N–H and O–H groups in total. The second-order valence-corrected chi connectivity index (χ2v) is 5.33. The Labute approximate surface area is 156 Å². The molecule has 0 heterocycles. The number of Topliss-reactive ketones (excluding diaryl/α,β-unsaturated/α-hetero) is 1. The smallest absolute Gasteiger partial charge is 0.387 e. The van der Waals surface area contributed by atoms with Gasteiger partial charge in [-0.25, -0.2) is 9.59 Å². The van der Waals surface area contributed by atoms with E-state index in [0.717, 1.165) is 0 Å². The zero-order valence-electron chi connectivity index (χ0n) is 14.1. The van der Waals surface area contributed by atoms with Crippen LogP contribution in [0.3, 0.4) is 0 Å². The number of hydrogen-bond acceptors (Lipinski definition) is 9. The summed E-state index contributed by atoms with van der Waals surface area (Å²) in [5, 5.41) is 21.1. The van der Waals surface area contributed by atoms with Crippen LogP contribution in [0.4, 0.5) is 11.4 Å². The van der Waals surface area contributed by atoms with Gasteiger partial charge in [0.1, 0.15) is 13.2 Å². The van der Waals surface area contributed by atoms with Crippen LogP contribution in [0.25, 0.3) is 0 Å². The van der Waals surface area contributed by atoms with E-state index in [-0.39, 0.29) is 24.6 Å². The second kappa shape index (κ2) is 8.98. The molecule has 144 valence electrons. The molecule has 2 aromatic rings. The predicted molar refractivity (Wildman–Crippen MR) is 90.8 cm³/mol. The maximum Gasteiger partial charge on any atom is 0.387 e. The molecular weight excluding hydrogens is 376 g/mol. The molecule has 0 bridgehead atoms. The summed E-state index contributed by atoms with van der Waals surface area (Å²) in [4.78, 5) is 54.8. The van der Waals surface area contributed by atoms with Gasteiger partial charge < -0.3 is 9.47 Å². The first-order valence-electron chi connectivity index (χ1n) is 7.63. The highest BCUT2D eigenvalue weighted by atomic mass is 16.6. The molecule has 2 aromatic carbocycles. The Hall–Kier alpha value is -4.15. The van der Waals surface area contributed by atoms with Crippen molar-refractivity contribution in [2.24, 2.45) is 0 Å². The molecule has 11 heteroatoms. The van der Waals surface area contributed by atoms with Gasteiger partial charge in [0, 0.05) is 24.3 Å². The SMILES string of the molecule is O=C(OCc1ccc([N+](=O)[O-])cc1)C(=O)C(=O)OCc1ccc([N+](=O)[O-])cc1. The van der Waals surface area contributed by atoms with Crippen molar-refractivity contribution in [2.45, 2.75) is 13.2 Å². The molecule has 2 rings (SSSR count). The van der Waals surface area contributed by atoms with Gasteiger partial charge in [-0.2, -0.15) is 0 Å². The van der Waals surface area contributed by atoms with Crippen molar-refractivity contribution >= 4 is 29.1 Å². The normalized spacial score (nSPS) is 10.0. The van der Waals surface area contributed by atoms with Crippen LogP contribution in [-0.2, 0) is 37.1 Å². The Morgan fingerprint density at radius 3 is 1.29 bits per heavy atom. The van der Waals surface area contributed by atoms with Crippen LogP contribution < -0.4 is 0 Å². The van der Waals surface area contributed by atoms with Crippen LogP contribution in [-0.4, -0.2) is 27.6 Å². The molecule has 0 aliphatic rings. The summed E-state index contributed by atoms with van der Waals surface area (Å²) < 4.78 is 9.34. The summed E-state index contributed by atoms with van der Waals surface area (Å²) in [6.45, 7) is -0.726. The highest BCUT2D eigenvalue weighted by Gasteiger charge is 2.26. The molecule has 0 aliphatic carbocycles. The van der Waals surface area contributed by atoms with Crippen molar-refractivity contribution in [3.63, 3.8) is 0 Å². The fourth-order valence-electron chi connectivity index (χ4n) is 1.94. The van der Waals surface area contributed by atoms with Crippen molar-refractivity contribution in [2.75, 3.05) is 0 Å². The summed E-state index contributed by atoms with van der Waals surface area (Å²) in [5.41, 5.74) is 0.457. The molecule has 0 amide bonds. The fourth-order valence-corrected chi connectivity index (χ4v) is 1.94. The average Bonchev–Trinajstić information content (AvgIpc) is 2.70. The Balaban J connectivity index is 1.82. The zero-order chi connectivity index (χ0) is 20.7. The van der Waals surface area contributed by atoms with E-state index in [1.807, 2.05) is 0 Å². The molecule has 0 saturated heterocycles. The van der Waals surface area contributed by atoms with E-state index in [2.05, 4.69) is 9.47 Å². The molecule has 0 aromatic heterocycles. The minimum Gasteiger partial charge on any atom is -0.455 e. The number of hydrogen-bond donors (Lipinski definition) is 0. The van der Waals surface area contributed by atoms with Gasteiger partial charge in [-0.3, -0.25) is 25.0 Å². The molecule has 11 nitrogen and oxygen atoms in total. The molecule has 0 radical (unpaired) electrons. The minimum atomic E-state index is -1.52. The van der Waals surface area contributed by atoms with E-state index >= 15 is 0 Å². The van der Waals surface area contributed by atoms with Crippen molar-refractivity contribution in [1.82, 2.24) is 0 Å². The lowest BCUT2D eigenvalue weighted by Crippen LogP contribution is -2.27. The Morgan fingerprint density at radius 2 is 1.00 bits per heavy atom. The van der Waals surface area contributed by atoms with Gasteiger partial charge in [-0.1, -0.05) is 0 Å². The molecule has 28 heavy (non-hydrogen) atoms. The van der Waals surface area contributed by atoms with Gasteiger partial charge in [0.05, 0.1) is 9.85 Å². The number of carbonyl (C=O) groups excluding carboxylic acids is 3. The van der Waals surface area contributed by atoms with Crippen molar-refractivity contribution in [3.8, 4) is 0 Å². The zero-order valence-corrected chi connectivity index (χ0v) is 14.1. The maximum atomic E-state index is 11.6. The minimum absolute atomic E-state index is 0.152. The number of nitro benzene ring substituents is 2. The van der Waals surface area contributed by atoms with E-state index < -0.39 is 27.6 Å². The lowest BCUT2D eigenvalue weighted by Gasteiger charge is -2.05. The summed E-state index contributed by atoms with van der Waals surface area (Å²) in [7, 11) is 0. The van der Waals surface area contributed by atoms with E-state index in [1.165, 1.54) is 48.5 Å². The van der Waals surface area contributed by atoms with Crippen LogP contribution in [0.2, 0.25) is 0 Å². The monoisotopic (exact) mass is 388 g/mol. The second-order valence-electron chi connectivity index (χ2n) is 5.33. The van der Waals surface area contributed by atoms with Gasteiger partial charge in [-0.05, 0) is 35.4 Å². The summed E-state index contributed by atoms with van der Waals surface area (Å²) in [6, 6.07) is 10.1. The van der Waals surface area contributed by atoms with Gasteiger partial charge in [0.25, 0.3) is 11.4 Å². The summed E-state index contributed by atoms with van der Waals surface area (Å²) in [5.74, 6) is -4.40. The number of nitro groups is 2. The van der Waals surface area contributed by atoms with Crippen LogP contribution in [0.15, 0.2) is 48.5 Å². The Kier molecular flexibility index (Phi) is 6.47. The van der Waals surface area contributed by atoms with E-state index in [1.54, 1.807) is 0 Å². The first-order chi connectivity index (χ1) is 13.3. The predicted octanol–water partition coefficient (Wildman–Crippen LogP) is 1.86. The molecule has 0 fully saturated rings. The lowest BCUT2D eigenvalue weighted by atomic mass is 10.2. The standard InChI is InChI=1S/C17H12N2O9/c20-15(16(21)27-9-11-1-5-13(6-2-11)18(23)24)17(22)28-10-12-3-7-14(8-4-12)19(25)26/h1-8H,9-10H2. The fraction of sp³-hybridized carbons (Fsp3) is 0.118. The number of ether oxygens (including phenoxy) is 2. The Bertz CT molecular complexity index is 845. The largest absolute Gasteiger partial charge is 0.455 e. The lowest BCUT2D eigenvalue weighted by molar-refractivity contribution is -0.385. The highest BCUT2D eigenvalue weighted by molar-refractivity contribution is 6.60. The van der Waals surface area contributed by atoms with Crippen molar-refractivity contribution in [1.29, 1.82) is 0 Å². The topological polar surface area (TPSA) is 156 Å². The van der Waals surface area contributed by atoms with E-state index in [4.69, 9.17) is 0 Å². The molecule has 0 atom stereocenters.